The molecule has 3 atom stereocenters. The lowest BCUT2D eigenvalue weighted by Crippen LogP contribution is -2.35. The van der Waals surface area contributed by atoms with Gasteiger partial charge in [0.1, 0.15) is 0 Å². The van der Waals surface area contributed by atoms with E-state index in [1.54, 1.807) is 0 Å². The zero-order chi connectivity index (χ0) is 17.6. The molecule has 4 heteroatoms. The highest BCUT2D eigenvalue weighted by atomic mass is 16.2. The molecular weight excluding hydrogens is 310 g/mol. The molecule has 0 spiro atoms. The molecule has 0 aliphatic heterocycles. The summed E-state index contributed by atoms with van der Waals surface area (Å²) in [5, 5.41) is 4.71. The number of carbonyl (C=O) groups is 1. The fraction of sp³-hybridized carbons (Fsp3) is 0.524. The van der Waals surface area contributed by atoms with E-state index in [4.69, 9.17) is 5.10 Å². The second-order valence-electron chi connectivity index (χ2n) is 7.87. The van der Waals surface area contributed by atoms with Gasteiger partial charge in [0.05, 0.1) is 11.4 Å². The predicted molar refractivity (Wildman–Crippen MR) is 98.5 cm³/mol. The minimum absolute atomic E-state index is 0.258. The fourth-order valence-electron chi connectivity index (χ4n) is 4.87. The van der Waals surface area contributed by atoms with Crippen LogP contribution in [0, 0.1) is 31.6 Å². The molecule has 2 aromatic rings. The molecule has 4 nitrogen and oxygen atoms in total. The Hall–Kier alpha value is -2.10. The first-order chi connectivity index (χ1) is 12.0. The highest BCUT2D eigenvalue weighted by Gasteiger charge is 2.44. The Morgan fingerprint density at radius 1 is 1.20 bits per heavy atom. The molecule has 0 saturated heterocycles. The SMILES string of the molecule is Cc1nn(-c2ccccc2)c(C)c1CN(C)C(=O)[C@H]1C[C@H]2CC[C@H]1C2. The molecule has 1 heterocycles. The number of aryl methyl sites for hydroxylation is 1. The van der Waals surface area contributed by atoms with Gasteiger partial charge >= 0.3 is 0 Å². The molecule has 2 fully saturated rings. The normalized spacial score (nSPS) is 24.7. The Morgan fingerprint density at radius 2 is 1.96 bits per heavy atom. The standard InChI is InChI=1S/C21H27N3O/c1-14-20(15(2)24(22-14)18-7-5-4-6-8-18)13-23(3)21(25)19-12-16-9-10-17(19)11-16/h4-8,16-17,19H,9-13H2,1-3H3/t16-,17-,19-/m0/s1. The van der Waals surface area contributed by atoms with Crippen LogP contribution in [0.15, 0.2) is 30.3 Å². The Morgan fingerprint density at radius 3 is 2.60 bits per heavy atom. The molecular formula is C21H27N3O. The number of aromatic nitrogens is 2. The molecule has 25 heavy (non-hydrogen) atoms. The van der Waals surface area contributed by atoms with Gasteiger partial charge in [-0.25, -0.2) is 4.68 Å². The van der Waals surface area contributed by atoms with Crippen molar-refractivity contribution in [3.63, 3.8) is 0 Å². The number of carbonyl (C=O) groups excluding carboxylic acids is 1. The Balaban J connectivity index is 1.52. The molecule has 2 aliphatic carbocycles. The molecule has 1 aromatic heterocycles. The lowest BCUT2D eigenvalue weighted by Gasteiger charge is -2.26. The number of hydrogen-bond acceptors (Lipinski definition) is 2. The van der Waals surface area contributed by atoms with Crippen LogP contribution in [0.3, 0.4) is 0 Å². The molecule has 0 radical (unpaired) electrons. The van der Waals surface area contributed by atoms with E-state index >= 15 is 0 Å². The minimum atomic E-state index is 0.258. The lowest BCUT2D eigenvalue weighted by atomic mass is 9.88. The number of rotatable bonds is 4. The fourth-order valence-corrected chi connectivity index (χ4v) is 4.87. The second-order valence-corrected chi connectivity index (χ2v) is 7.87. The zero-order valence-corrected chi connectivity index (χ0v) is 15.4. The molecule has 2 bridgehead atoms. The van der Waals surface area contributed by atoms with Gasteiger partial charge in [0.15, 0.2) is 0 Å². The molecule has 1 amide bonds. The molecule has 1 aromatic carbocycles. The van der Waals surface area contributed by atoms with Crippen LogP contribution >= 0.6 is 0 Å². The summed E-state index contributed by atoms with van der Waals surface area (Å²) >= 11 is 0. The summed E-state index contributed by atoms with van der Waals surface area (Å²) < 4.78 is 1.99. The van der Waals surface area contributed by atoms with Crippen molar-refractivity contribution in [2.24, 2.45) is 17.8 Å². The van der Waals surface area contributed by atoms with Crippen LogP contribution < -0.4 is 0 Å². The average molecular weight is 337 g/mol. The van der Waals surface area contributed by atoms with Crippen molar-refractivity contribution in [3.05, 3.63) is 47.3 Å². The van der Waals surface area contributed by atoms with E-state index in [2.05, 4.69) is 19.1 Å². The maximum absolute atomic E-state index is 12.9. The van der Waals surface area contributed by atoms with Crippen LogP contribution in [0.5, 0.6) is 0 Å². The number of nitrogens with zero attached hydrogens (tertiary/aromatic N) is 3. The van der Waals surface area contributed by atoms with Crippen molar-refractivity contribution in [2.45, 2.75) is 46.1 Å². The summed E-state index contributed by atoms with van der Waals surface area (Å²) in [5.74, 6) is 2.03. The maximum atomic E-state index is 12.9. The average Bonchev–Trinajstić information content (AvgIpc) is 3.32. The van der Waals surface area contributed by atoms with E-state index in [1.165, 1.54) is 24.8 Å². The number of para-hydroxylation sites is 1. The van der Waals surface area contributed by atoms with Gasteiger partial charge in [0.25, 0.3) is 0 Å². The van der Waals surface area contributed by atoms with E-state index in [0.717, 1.165) is 29.4 Å². The molecule has 0 N–H and O–H groups in total. The van der Waals surface area contributed by atoms with Crippen LogP contribution in [-0.4, -0.2) is 27.6 Å². The van der Waals surface area contributed by atoms with Gasteiger partial charge < -0.3 is 4.90 Å². The molecule has 2 saturated carbocycles. The quantitative estimate of drug-likeness (QED) is 0.849. The Kier molecular flexibility index (Phi) is 4.14. The van der Waals surface area contributed by atoms with Gasteiger partial charge in [-0.15, -0.1) is 0 Å². The second kappa shape index (κ2) is 6.32. The number of amides is 1. The largest absolute Gasteiger partial charge is 0.341 e. The smallest absolute Gasteiger partial charge is 0.226 e. The van der Waals surface area contributed by atoms with Crippen molar-refractivity contribution >= 4 is 5.91 Å². The van der Waals surface area contributed by atoms with Crippen LogP contribution in [-0.2, 0) is 11.3 Å². The van der Waals surface area contributed by atoms with Crippen LogP contribution in [0.1, 0.15) is 42.6 Å². The highest BCUT2D eigenvalue weighted by molar-refractivity contribution is 5.79. The van der Waals surface area contributed by atoms with Gasteiger partial charge in [0.2, 0.25) is 5.91 Å². The van der Waals surface area contributed by atoms with Gasteiger partial charge in [0, 0.05) is 30.8 Å². The predicted octanol–water partition coefficient (Wildman–Crippen LogP) is 3.88. The van der Waals surface area contributed by atoms with Crippen LogP contribution in [0.2, 0.25) is 0 Å². The highest BCUT2D eigenvalue weighted by Crippen LogP contribution is 2.48. The third-order valence-corrected chi connectivity index (χ3v) is 6.27. The van der Waals surface area contributed by atoms with E-state index in [-0.39, 0.29) is 5.92 Å². The van der Waals surface area contributed by atoms with Crippen molar-refractivity contribution < 1.29 is 4.79 Å². The first kappa shape index (κ1) is 16.4. The summed E-state index contributed by atoms with van der Waals surface area (Å²) in [5.41, 5.74) is 4.37. The van der Waals surface area contributed by atoms with Crippen molar-refractivity contribution in [1.29, 1.82) is 0 Å². The van der Waals surface area contributed by atoms with Crippen LogP contribution in [0.4, 0.5) is 0 Å². The van der Waals surface area contributed by atoms with Gasteiger partial charge in [-0.3, -0.25) is 4.79 Å². The maximum Gasteiger partial charge on any atom is 0.226 e. The Bertz CT molecular complexity index is 780. The monoisotopic (exact) mass is 337 g/mol. The summed E-state index contributed by atoms with van der Waals surface area (Å²) in [6.07, 6.45) is 4.96. The van der Waals surface area contributed by atoms with Crippen molar-refractivity contribution in [2.75, 3.05) is 7.05 Å². The van der Waals surface area contributed by atoms with Gasteiger partial charge in [-0.1, -0.05) is 24.6 Å². The topological polar surface area (TPSA) is 38.1 Å². The van der Waals surface area contributed by atoms with Gasteiger partial charge in [-0.2, -0.15) is 5.10 Å². The molecule has 0 unspecified atom stereocenters. The van der Waals surface area contributed by atoms with E-state index < -0.39 is 0 Å². The zero-order valence-electron chi connectivity index (χ0n) is 15.4. The number of hydrogen-bond donors (Lipinski definition) is 0. The van der Waals surface area contributed by atoms with Crippen LogP contribution in [0.25, 0.3) is 5.69 Å². The summed E-state index contributed by atoms with van der Waals surface area (Å²) in [6.45, 7) is 4.78. The number of fused-ring (bicyclic) bond motifs is 2. The number of benzene rings is 1. The summed E-state index contributed by atoms with van der Waals surface area (Å²) in [4.78, 5) is 14.9. The minimum Gasteiger partial charge on any atom is -0.341 e. The Labute approximate surface area is 149 Å². The van der Waals surface area contributed by atoms with Crippen molar-refractivity contribution in [1.82, 2.24) is 14.7 Å². The molecule has 4 rings (SSSR count). The van der Waals surface area contributed by atoms with Crippen molar-refractivity contribution in [3.8, 4) is 5.69 Å². The van der Waals surface area contributed by atoms with E-state index in [0.29, 0.717) is 18.4 Å². The first-order valence-electron chi connectivity index (χ1n) is 9.40. The van der Waals surface area contributed by atoms with E-state index in [1.807, 2.05) is 41.8 Å². The third kappa shape index (κ3) is 2.88. The molecule has 2 aliphatic rings. The summed E-state index contributed by atoms with van der Waals surface area (Å²) in [6, 6.07) is 10.2. The molecule has 132 valence electrons. The van der Waals surface area contributed by atoms with E-state index in [9.17, 15) is 4.79 Å². The van der Waals surface area contributed by atoms with Gasteiger partial charge in [-0.05, 0) is 57.1 Å². The first-order valence-corrected chi connectivity index (χ1v) is 9.40. The third-order valence-electron chi connectivity index (χ3n) is 6.27. The lowest BCUT2D eigenvalue weighted by molar-refractivity contribution is -0.136. The summed E-state index contributed by atoms with van der Waals surface area (Å²) in [7, 11) is 1.95.